The predicted molar refractivity (Wildman–Crippen MR) is 105 cm³/mol. The van der Waals surface area contributed by atoms with Crippen molar-refractivity contribution < 1.29 is 9.47 Å². The normalized spacial score (nSPS) is 11.0. The number of aromatic amines is 1. The van der Waals surface area contributed by atoms with Gasteiger partial charge < -0.3 is 19.8 Å². The topological polar surface area (TPSA) is 59.2 Å². The monoisotopic (exact) mass is 373 g/mol. The Kier molecular flexibility index (Phi) is 6.36. The molecule has 0 aliphatic rings. The summed E-state index contributed by atoms with van der Waals surface area (Å²) in [6.45, 7) is 4.13. The highest BCUT2D eigenvalue weighted by atomic mass is 35.5. The Labute approximate surface area is 158 Å². The molecule has 2 N–H and O–H groups in total. The lowest BCUT2D eigenvalue weighted by Gasteiger charge is -2.13. The van der Waals surface area contributed by atoms with Gasteiger partial charge in [0.05, 0.1) is 29.8 Å². The zero-order chi connectivity index (χ0) is 18.4. The van der Waals surface area contributed by atoms with Crippen molar-refractivity contribution in [2.24, 2.45) is 0 Å². The van der Waals surface area contributed by atoms with Gasteiger partial charge in [0.2, 0.25) is 0 Å². The molecule has 26 heavy (non-hydrogen) atoms. The molecule has 0 bridgehead atoms. The minimum atomic E-state index is 0.567. The molecule has 0 amide bonds. The number of hydrogen-bond donors (Lipinski definition) is 2. The quantitative estimate of drug-likeness (QED) is 0.547. The maximum Gasteiger partial charge on any atom is 0.179 e. The number of ether oxygens (including phenoxy) is 2. The molecule has 5 nitrogen and oxygen atoms in total. The fourth-order valence-corrected chi connectivity index (χ4v) is 3.23. The second kappa shape index (κ2) is 8.92. The van der Waals surface area contributed by atoms with E-state index in [-0.39, 0.29) is 0 Å². The fraction of sp³-hybridized carbons (Fsp3) is 0.350. The molecule has 3 aromatic rings. The van der Waals surface area contributed by atoms with Crippen molar-refractivity contribution in [3.63, 3.8) is 0 Å². The molecule has 0 unspecified atom stereocenters. The van der Waals surface area contributed by atoms with Gasteiger partial charge in [0.25, 0.3) is 0 Å². The highest BCUT2D eigenvalue weighted by Gasteiger charge is 2.11. The SMILES string of the molecule is CCOc1cc(CNCCCc2nc3ccccc3[nH]2)cc(Cl)c1OC. The van der Waals surface area contributed by atoms with E-state index >= 15 is 0 Å². The average molecular weight is 374 g/mol. The lowest BCUT2D eigenvalue weighted by molar-refractivity contribution is 0.310. The third-order valence-corrected chi connectivity index (χ3v) is 4.39. The van der Waals surface area contributed by atoms with E-state index in [1.165, 1.54) is 0 Å². The number of benzene rings is 2. The van der Waals surface area contributed by atoms with Crippen LogP contribution in [0, 0.1) is 0 Å². The number of para-hydroxylation sites is 2. The van der Waals surface area contributed by atoms with E-state index in [0.29, 0.717) is 23.1 Å². The van der Waals surface area contributed by atoms with Crippen molar-refractivity contribution in [1.82, 2.24) is 15.3 Å². The number of halogens is 1. The van der Waals surface area contributed by atoms with Crippen LogP contribution in [0.15, 0.2) is 36.4 Å². The van der Waals surface area contributed by atoms with Gasteiger partial charge in [-0.1, -0.05) is 23.7 Å². The van der Waals surface area contributed by atoms with Crippen LogP contribution < -0.4 is 14.8 Å². The van der Waals surface area contributed by atoms with Crippen LogP contribution in [0.5, 0.6) is 11.5 Å². The molecule has 1 heterocycles. The maximum atomic E-state index is 6.28. The first-order valence-electron chi connectivity index (χ1n) is 8.84. The van der Waals surface area contributed by atoms with Crippen LogP contribution in [0.1, 0.15) is 24.7 Å². The lowest BCUT2D eigenvalue weighted by atomic mass is 10.2. The Morgan fingerprint density at radius 1 is 1.23 bits per heavy atom. The van der Waals surface area contributed by atoms with E-state index in [1.54, 1.807) is 7.11 Å². The molecule has 0 atom stereocenters. The molecule has 0 fully saturated rings. The van der Waals surface area contributed by atoms with Crippen LogP contribution in [0.2, 0.25) is 5.02 Å². The molecule has 138 valence electrons. The number of methoxy groups -OCH3 is 1. The summed E-state index contributed by atoms with van der Waals surface area (Å²) in [7, 11) is 1.60. The van der Waals surface area contributed by atoms with E-state index in [4.69, 9.17) is 21.1 Å². The van der Waals surface area contributed by atoms with Gasteiger partial charge in [0, 0.05) is 13.0 Å². The summed E-state index contributed by atoms with van der Waals surface area (Å²) in [6.07, 6.45) is 1.91. The summed E-state index contributed by atoms with van der Waals surface area (Å²) in [4.78, 5) is 7.96. The molecule has 0 radical (unpaired) electrons. The second-order valence-corrected chi connectivity index (χ2v) is 6.43. The Bertz CT molecular complexity index is 830. The summed E-state index contributed by atoms with van der Waals surface area (Å²) in [5.41, 5.74) is 3.18. The first kappa shape index (κ1) is 18.5. The van der Waals surface area contributed by atoms with E-state index < -0.39 is 0 Å². The Morgan fingerprint density at radius 3 is 2.85 bits per heavy atom. The maximum absolute atomic E-state index is 6.28. The lowest BCUT2D eigenvalue weighted by Crippen LogP contribution is -2.15. The molecule has 0 saturated heterocycles. The van der Waals surface area contributed by atoms with Gasteiger partial charge in [0.15, 0.2) is 11.5 Å². The summed E-state index contributed by atoms with van der Waals surface area (Å²) < 4.78 is 10.9. The van der Waals surface area contributed by atoms with Crippen molar-refractivity contribution in [3.8, 4) is 11.5 Å². The molecular formula is C20H24ClN3O2. The molecule has 0 saturated carbocycles. The van der Waals surface area contributed by atoms with Crippen molar-refractivity contribution in [1.29, 1.82) is 0 Å². The van der Waals surface area contributed by atoms with E-state index in [1.807, 2.05) is 43.3 Å². The molecule has 0 spiro atoms. The third-order valence-electron chi connectivity index (χ3n) is 4.11. The van der Waals surface area contributed by atoms with Crippen molar-refractivity contribution in [2.75, 3.05) is 20.3 Å². The minimum absolute atomic E-state index is 0.567. The molecule has 0 aliphatic carbocycles. The first-order valence-corrected chi connectivity index (χ1v) is 9.22. The minimum Gasteiger partial charge on any atom is -0.491 e. The van der Waals surface area contributed by atoms with Gasteiger partial charge in [-0.15, -0.1) is 0 Å². The molecular weight excluding hydrogens is 350 g/mol. The molecule has 0 aliphatic heterocycles. The van der Waals surface area contributed by atoms with Crippen LogP contribution in [-0.2, 0) is 13.0 Å². The standard InChI is InChI=1S/C20H24ClN3O2/c1-3-26-18-12-14(11-15(21)20(18)25-2)13-22-10-6-9-19-23-16-7-4-5-8-17(16)24-19/h4-5,7-8,11-12,22H,3,6,9-10,13H2,1-2H3,(H,23,24). The van der Waals surface area contributed by atoms with Crippen LogP contribution in [0.4, 0.5) is 0 Å². The Balaban J connectivity index is 1.50. The zero-order valence-electron chi connectivity index (χ0n) is 15.1. The zero-order valence-corrected chi connectivity index (χ0v) is 15.9. The van der Waals surface area contributed by atoms with Crippen LogP contribution in [0.25, 0.3) is 11.0 Å². The van der Waals surface area contributed by atoms with Crippen LogP contribution in [0.3, 0.4) is 0 Å². The van der Waals surface area contributed by atoms with E-state index in [0.717, 1.165) is 48.4 Å². The smallest absolute Gasteiger partial charge is 0.179 e. The number of rotatable bonds is 9. The molecule has 3 rings (SSSR count). The number of H-pyrrole nitrogens is 1. The summed E-state index contributed by atoms with van der Waals surface area (Å²) in [5.74, 6) is 2.29. The number of hydrogen-bond acceptors (Lipinski definition) is 4. The van der Waals surface area contributed by atoms with Gasteiger partial charge in [-0.25, -0.2) is 4.98 Å². The van der Waals surface area contributed by atoms with Crippen LogP contribution >= 0.6 is 11.6 Å². The number of imidazole rings is 1. The molecule has 2 aromatic carbocycles. The van der Waals surface area contributed by atoms with Gasteiger partial charge >= 0.3 is 0 Å². The van der Waals surface area contributed by atoms with E-state index in [2.05, 4.69) is 15.3 Å². The number of aromatic nitrogens is 2. The van der Waals surface area contributed by atoms with Gasteiger partial charge in [0.1, 0.15) is 5.82 Å². The van der Waals surface area contributed by atoms with E-state index in [9.17, 15) is 0 Å². The van der Waals surface area contributed by atoms with Crippen molar-refractivity contribution in [2.45, 2.75) is 26.3 Å². The number of aryl methyl sites for hydroxylation is 1. The highest BCUT2D eigenvalue weighted by molar-refractivity contribution is 6.32. The predicted octanol–water partition coefficient (Wildman–Crippen LogP) is 4.35. The Hall–Kier alpha value is -2.24. The summed E-state index contributed by atoms with van der Waals surface area (Å²) >= 11 is 6.28. The average Bonchev–Trinajstić information content (AvgIpc) is 3.04. The summed E-state index contributed by atoms with van der Waals surface area (Å²) in [6, 6.07) is 12.0. The van der Waals surface area contributed by atoms with Gasteiger partial charge in [-0.05, 0) is 49.7 Å². The highest BCUT2D eigenvalue weighted by Crippen LogP contribution is 2.36. The number of fused-ring (bicyclic) bond motifs is 1. The summed E-state index contributed by atoms with van der Waals surface area (Å²) in [5, 5.41) is 4.01. The molecule has 1 aromatic heterocycles. The largest absolute Gasteiger partial charge is 0.491 e. The third kappa shape index (κ3) is 4.48. The van der Waals surface area contributed by atoms with Crippen molar-refractivity contribution >= 4 is 22.6 Å². The first-order chi connectivity index (χ1) is 12.7. The molecule has 6 heteroatoms. The van der Waals surface area contributed by atoms with Crippen molar-refractivity contribution in [3.05, 3.63) is 52.8 Å². The number of nitrogens with one attached hydrogen (secondary N) is 2. The van der Waals surface area contributed by atoms with Gasteiger partial charge in [-0.3, -0.25) is 0 Å². The number of nitrogens with zero attached hydrogens (tertiary/aromatic N) is 1. The fourth-order valence-electron chi connectivity index (χ4n) is 2.92. The van der Waals surface area contributed by atoms with Gasteiger partial charge in [-0.2, -0.15) is 0 Å². The second-order valence-electron chi connectivity index (χ2n) is 6.02. The Morgan fingerprint density at radius 2 is 2.08 bits per heavy atom. The van der Waals surface area contributed by atoms with Crippen LogP contribution in [-0.4, -0.2) is 30.2 Å².